The quantitative estimate of drug-likeness (QED) is 0.655. The predicted molar refractivity (Wildman–Crippen MR) is 48.9 cm³/mol. The molecule has 0 bridgehead atoms. The topological polar surface area (TPSA) is 24.1 Å². The van der Waals surface area contributed by atoms with Crippen LogP contribution in [-0.4, -0.2) is 5.11 Å². The van der Waals surface area contributed by atoms with Crippen molar-refractivity contribution in [1.82, 2.24) is 0 Å². The first-order valence-corrected chi connectivity index (χ1v) is 4.62. The Labute approximate surface area is 74.7 Å². The van der Waals surface area contributed by atoms with Crippen molar-refractivity contribution in [2.45, 2.75) is 6.61 Å². The summed E-state index contributed by atoms with van der Waals surface area (Å²) >= 11 is 1.64. The van der Waals surface area contributed by atoms with Gasteiger partial charge < -0.3 is 5.11 Å². The first-order valence-electron chi connectivity index (χ1n) is 3.80. The molecule has 1 aromatic carbocycles. The Morgan fingerprint density at radius 1 is 1.42 bits per heavy atom. The fourth-order valence-corrected chi connectivity index (χ4v) is 2.30. The summed E-state index contributed by atoms with van der Waals surface area (Å²) in [5, 5.41) is 10.0. The van der Waals surface area contributed by atoms with Crippen LogP contribution >= 0.6 is 11.3 Å². The molecule has 0 aliphatic carbocycles. The molecule has 0 saturated carbocycles. The lowest BCUT2D eigenvalue weighted by molar-refractivity contribution is -0.650. The maximum Gasteiger partial charge on any atom is 0.263 e. The standard InChI is InChI=1S/C9H10NOS/c1-10-7-4-2-3-5-8(7)12-9(10)6-11/h2-5,11H,6H2,1H3/q+1. The lowest BCUT2D eigenvalue weighted by atomic mass is 10.3. The monoisotopic (exact) mass is 180 g/mol. The van der Waals surface area contributed by atoms with Crippen molar-refractivity contribution in [2.24, 2.45) is 7.05 Å². The Bertz CT molecular complexity index is 408. The van der Waals surface area contributed by atoms with Crippen LogP contribution < -0.4 is 4.57 Å². The van der Waals surface area contributed by atoms with E-state index in [0.29, 0.717) is 0 Å². The predicted octanol–water partition coefficient (Wildman–Crippen LogP) is 1.22. The van der Waals surface area contributed by atoms with Gasteiger partial charge in [-0.3, -0.25) is 0 Å². The number of hydrogen-bond acceptors (Lipinski definition) is 2. The smallest absolute Gasteiger partial charge is 0.263 e. The lowest BCUT2D eigenvalue weighted by Gasteiger charge is -1.85. The number of fused-ring (bicyclic) bond motifs is 1. The molecule has 62 valence electrons. The number of aliphatic hydroxyl groups is 1. The van der Waals surface area contributed by atoms with Crippen molar-refractivity contribution in [3.05, 3.63) is 29.3 Å². The normalized spacial score (nSPS) is 10.8. The average molecular weight is 180 g/mol. The van der Waals surface area contributed by atoms with E-state index in [1.807, 2.05) is 23.7 Å². The molecule has 2 nitrogen and oxygen atoms in total. The molecule has 0 aliphatic rings. The number of para-hydroxylation sites is 1. The fraction of sp³-hybridized carbons (Fsp3) is 0.222. The minimum atomic E-state index is 0.121. The summed E-state index contributed by atoms with van der Waals surface area (Å²) in [6.45, 7) is 0.121. The molecule has 0 radical (unpaired) electrons. The van der Waals surface area contributed by atoms with Crippen LogP contribution in [0, 0.1) is 0 Å². The molecule has 2 aromatic rings. The summed E-state index contributed by atoms with van der Waals surface area (Å²) in [6, 6.07) is 8.15. The van der Waals surface area contributed by atoms with Gasteiger partial charge in [0.05, 0.1) is 0 Å². The van der Waals surface area contributed by atoms with E-state index in [-0.39, 0.29) is 6.61 Å². The molecule has 0 aliphatic heterocycles. The second-order valence-electron chi connectivity index (χ2n) is 2.68. The SMILES string of the molecule is C[n+]1c(CO)sc2ccccc21. The van der Waals surface area contributed by atoms with Gasteiger partial charge in [-0.05, 0) is 6.07 Å². The Kier molecular flexibility index (Phi) is 1.83. The molecule has 0 fully saturated rings. The zero-order valence-corrected chi connectivity index (χ0v) is 7.64. The number of benzene rings is 1. The first-order chi connectivity index (χ1) is 5.83. The van der Waals surface area contributed by atoms with Gasteiger partial charge in [0, 0.05) is 6.07 Å². The molecule has 0 saturated heterocycles. The maximum atomic E-state index is 9.01. The molecule has 1 heterocycles. The highest BCUT2D eigenvalue weighted by Gasteiger charge is 2.13. The number of aromatic nitrogens is 1. The van der Waals surface area contributed by atoms with Crippen LogP contribution in [0.25, 0.3) is 10.2 Å². The molecule has 0 amide bonds. The van der Waals surface area contributed by atoms with Crippen LogP contribution in [0.4, 0.5) is 0 Å². The number of aryl methyl sites for hydroxylation is 1. The number of aliphatic hydroxyl groups excluding tert-OH is 1. The summed E-state index contributed by atoms with van der Waals surface area (Å²) in [4.78, 5) is 0. The maximum absolute atomic E-state index is 9.01. The Morgan fingerprint density at radius 2 is 2.17 bits per heavy atom. The molecule has 1 N–H and O–H groups in total. The van der Waals surface area contributed by atoms with Crippen LogP contribution in [0.5, 0.6) is 0 Å². The van der Waals surface area contributed by atoms with Gasteiger partial charge in [0.25, 0.3) is 5.01 Å². The molecule has 3 heteroatoms. The average Bonchev–Trinajstić information content (AvgIpc) is 2.44. The van der Waals surface area contributed by atoms with Gasteiger partial charge >= 0.3 is 0 Å². The zero-order valence-electron chi connectivity index (χ0n) is 6.82. The third kappa shape index (κ3) is 1.02. The van der Waals surface area contributed by atoms with Crippen LogP contribution in [0.15, 0.2) is 24.3 Å². The zero-order chi connectivity index (χ0) is 8.55. The minimum Gasteiger partial charge on any atom is -0.384 e. The second kappa shape index (κ2) is 2.84. The van der Waals surface area contributed by atoms with Gasteiger partial charge in [-0.15, -0.1) is 0 Å². The van der Waals surface area contributed by atoms with E-state index in [1.54, 1.807) is 11.3 Å². The molecular weight excluding hydrogens is 170 g/mol. The van der Waals surface area contributed by atoms with Crippen molar-refractivity contribution in [1.29, 1.82) is 0 Å². The van der Waals surface area contributed by atoms with Crippen LogP contribution in [-0.2, 0) is 13.7 Å². The van der Waals surface area contributed by atoms with Gasteiger partial charge in [-0.25, -0.2) is 0 Å². The lowest BCUT2D eigenvalue weighted by Crippen LogP contribution is -2.30. The fourth-order valence-electron chi connectivity index (χ4n) is 1.29. The number of rotatable bonds is 1. The van der Waals surface area contributed by atoms with E-state index in [0.717, 1.165) is 5.01 Å². The highest BCUT2D eigenvalue weighted by Crippen LogP contribution is 2.18. The highest BCUT2D eigenvalue weighted by molar-refractivity contribution is 7.18. The van der Waals surface area contributed by atoms with Crippen molar-refractivity contribution >= 4 is 21.6 Å². The molecular formula is C9H10NOS+. The van der Waals surface area contributed by atoms with Crippen LogP contribution in [0.1, 0.15) is 5.01 Å². The number of hydrogen-bond donors (Lipinski definition) is 1. The third-order valence-electron chi connectivity index (χ3n) is 1.96. The molecule has 0 atom stereocenters. The van der Waals surface area contributed by atoms with Gasteiger partial charge in [0.15, 0.2) is 0 Å². The number of thiazole rings is 1. The Hall–Kier alpha value is -0.930. The van der Waals surface area contributed by atoms with E-state index in [4.69, 9.17) is 5.11 Å². The van der Waals surface area contributed by atoms with E-state index >= 15 is 0 Å². The van der Waals surface area contributed by atoms with Crippen molar-refractivity contribution in [3.63, 3.8) is 0 Å². The highest BCUT2D eigenvalue weighted by atomic mass is 32.1. The van der Waals surface area contributed by atoms with E-state index in [9.17, 15) is 0 Å². The van der Waals surface area contributed by atoms with Gasteiger partial charge in [-0.2, -0.15) is 4.57 Å². The van der Waals surface area contributed by atoms with E-state index in [1.165, 1.54) is 10.2 Å². The largest absolute Gasteiger partial charge is 0.384 e. The molecule has 0 spiro atoms. The minimum absolute atomic E-state index is 0.121. The second-order valence-corrected chi connectivity index (χ2v) is 3.80. The van der Waals surface area contributed by atoms with Gasteiger partial charge in [-0.1, -0.05) is 23.5 Å². The molecule has 12 heavy (non-hydrogen) atoms. The third-order valence-corrected chi connectivity index (χ3v) is 3.17. The van der Waals surface area contributed by atoms with Gasteiger partial charge in [0.1, 0.15) is 18.4 Å². The van der Waals surface area contributed by atoms with E-state index < -0.39 is 0 Å². The first kappa shape index (κ1) is 7.71. The summed E-state index contributed by atoms with van der Waals surface area (Å²) in [5.74, 6) is 0. The van der Waals surface area contributed by atoms with Crippen molar-refractivity contribution < 1.29 is 9.67 Å². The van der Waals surface area contributed by atoms with E-state index in [2.05, 4.69) is 12.1 Å². The summed E-state index contributed by atoms with van der Waals surface area (Å²) in [7, 11) is 1.98. The molecule has 1 aromatic heterocycles. The van der Waals surface area contributed by atoms with Crippen LogP contribution in [0.2, 0.25) is 0 Å². The van der Waals surface area contributed by atoms with Crippen LogP contribution in [0.3, 0.4) is 0 Å². The van der Waals surface area contributed by atoms with Gasteiger partial charge in [0.2, 0.25) is 5.52 Å². The van der Waals surface area contributed by atoms with Crippen molar-refractivity contribution in [3.8, 4) is 0 Å². The summed E-state index contributed by atoms with van der Waals surface area (Å²) in [6.07, 6.45) is 0. The molecule has 0 unspecified atom stereocenters. The Balaban J connectivity index is 2.78. The summed E-state index contributed by atoms with van der Waals surface area (Å²) in [5.41, 5.74) is 1.19. The number of nitrogens with zero attached hydrogens (tertiary/aromatic N) is 1. The molecule has 2 rings (SSSR count). The van der Waals surface area contributed by atoms with Crippen molar-refractivity contribution in [2.75, 3.05) is 0 Å². The Morgan fingerprint density at radius 3 is 2.83 bits per heavy atom. The summed E-state index contributed by atoms with van der Waals surface area (Å²) < 4.78 is 3.25.